The van der Waals surface area contributed by atoms with Crippen LogP contribution >= 0.6 is 0 Å². The van der Waals surface area contributed by atoms with Gasteiger partial charge in [0.1, 0.15) is 6.10 Å². The summed E-state index contributed by atoms with van der Waals surface area (Å²) < 4.78 is 8.76. The number of carbonyl (C=O) groups is 2. The molecule has 0 radical (unpaired) electrons. The molecule has 0 saturated carbocycles. The standard InChI is InChI=1S/C6H8O6/c7-1-3(9)5-4(2-8)11-6(10)12-5/h2-5,7,9H,1H2/t3-,4+,5-/m1/s1. The van der Waals surface area contributed by atoms with Crippen LogP contribution in [0.2, 0.25) is 0 Å². The average molecular weight is 176 g/mol. The van der Waals surface area contributed by atoms with E-state index < -0.39 is 31.1 Å². The maximum Gasteiger partial charge on any atom is 0.509 e. The number of aliphatic hydroxyl groups is 2. The first-order valence-corrected chi connectivity index (χ1v) is 3.30. The monoisotopic (exact) mass is 176 g/mol. The van der Waals surface area contributed by atoms with Gasteiger partial charge in [0, 0.05) is 0 Å². The van der Waals surface area contributed by atoms with Gasteiger partial charge in [-0.3, -0.25) is 4.79 Å². The van der Waals surface area contributed by atoms with Crippen LogP contribution in [0.15, 0.2) is 0 Å². The molecule has 12 heavy (non-hydrogen) atoms. The van der Waals surface area contributed by atoms with Gasteiger partial charge in [0.15, 0.2) is 18.5 Å². The molecule has 0 spiro atoms. The Labute approximate surface area is 67.7 Å². The Morgan fingerprint density at radius 1 is 1.58 bits per heavy atom. The van der Waals surface area contributed by atoms with Crippen molar-refractivity contribution < 1.29 is 29.3 Å². The molecule has 1 saturated heterocycles. The van der Waals surface area contributed by atoms with Crippen LogP contribution in [-0.2, 0) is 14.3 Å². The number of carbonyl (C=O) groups excluding carboxylic acids is 2. The van der Waals surface area contributed by atoms with E-state index in [4.69, 9.17) is 10.2 Å². The van der Waals surface area contributed by atoms with Crippen LogP contribution in [0.4, 0.5) is 4.79 Å². The number of cyclic esters (lactones) is 2. The minimum Gasteiger partial charge on any atom is -0.424 e. The number of ether oxygens (including phenoxy) is 2. The summed E-state index contributed by atoms with van der Waals surface area (Å²) in [5, 5.41) is 17.5. The fraction of sp³-hybridized carbons (Fsp3) is 0.667. The van der Waals surface area contributed by atoms with Crippen LogP contribution in [0, 0.1) is 0 Å². The zero-order valence-electron chi connectivity index (χ0n) is 6.04. The van der Waals surface area contributed by atoms with Crippen molar-refractivity contribution in [3.05, 3.63) is 0 Å². The van der Waals surface area contributed by atoms with Crippen molar-refractivity contribution in [2.75, 3.05) is 6.61 Å². The van der Waals surface area contributed by atoms with Crippen molar-refractivity contribution >= 4 is 12.4 Å². The molecule has 0 unspecified atom stereocenters. The quantitative estimate of drug-likeness (QED) is 0.399. The molecule has 3 atom stereocenters. The summed E-state index contributed by atoms with van der Waals surface area (Å²) in [5.41, 5.74) is 0. The van der Waals surface area contributed by atoms with Gasteiger partial charge in [-0.1, -0.05) is 0 Å². The fourth-order valence-electron chi connectivity index (χ4n) is 0.891. The van der Waals surface area contributed by atoms with E-state index in [0.717, 1.165) is 0 Å². The summed E-state index contributed by atoms with van der Waals surface area (Å²) >= 11 is 0. The van der Waals surface area contributed by atoms with Crippen LogP contribution < -0.4 is 0 Å². The number of hydrogen-bond donors (Lipinski definition) is 2. The number of hydrogen-bond acceptors (Lipinski definition) is 6. The summed E-state index contributed by atoms with van der Waals surface area (Å²) in [4.78, 5) is 20.7. The zero-order chi connectivity index (χ0) is 9.14. The first-order valence-electron chi connectivity index (χ1n) is 3.30. The Balaban J connectivity index is 2.62. The third-order valence-corrected chi connectivity index (χ3v) is 1.49. The van der Waals surface area contributed by atoms with Gasteiger partial charge in [0.2, 0.25) is 0 Å². The molecule has 2 N–H and O–H groups in total. The minimum atomic E-state index is -1.29. The van der Waals surface area contributed by atoms with Crippen molar-refractivity contribution in [2.24, 2.45) is 0 Å². The van der Waals surface area contributed by atoms with Crippen LogP contribution in [0.1, 0.15) is 0 Å². The molecule has 0 amide bonds. The Morgan fingerprint density at radius 3 is 2.75 bits per heavy atom. The summed E-state index contributed by atoms with van der Waals surface area (Å²) in [5.74, 6) is 0. The van der Waals surface area contributed by atoms with E-state index in [1.54, 1.807) is 0 Å². The molecular formula is C6H8O6. The Morgan fingerprint density at radius 2 is 2.25 bits per heavy atom. The van der Waals surface area contributed by atoms with E-state index in [1.165, 1.54) is 0 Å². The second-order valence-electron chi connectivity index (χ2n) is 2.30. The van der Waals surface area contributed by atoms with Crippen LogP contribution in [0.5, 0.6) is 0 Å². The first kappa shape index (κ1) is 8.95. The highest BCUT2D eigenvalue weighted by Crippen LogP contribution is 2.16. The van der Waals surface area contributed by atoms with Gasteiger partial charge in [0.05, 0.1) is 6.61 Å². The van der Waals surface area contributed by atoms with E-state index in [-0.39, 0.29) is 0 Å². The lowest BCUT2D eigenvalue weighted by Gasteiger charge is -2.14. The molecule has 0 aromatic carbocycles. The van der Waals surface area contributed by atoms with Gasteiger partial charge in [-0.2, -0.15) is 0 Å². The molecule has 6 nitrogen and oxygen atoms in total. The molecule has 6 heteroatoms. The molecule has 1 aliphatic heterocycles. The molecule has 1 fully saturated rings. The molecule has 68 valence electrons. The van der Waals surface area contributed by atoms with Gasteiger partial charge >= 0.3 is 6.16 Å². The first-order chi connectivity index (χ1) is 5.69. The van der Waals surface area contributed by atoms with E-state index >= 15 is 0 Å². The van der Waals surface area contributed by atoms with Crippen LogP contribution in [0.25, 0.3) is 0 Å². The van der Waals surface area contributed by atoms with Crippen LogP contribution in [0.3, 0.4) is 0 Å². The number of aldehydes is 1. The summed E-state index contributed by atoms with van der Waals surface area (Å²) in [7, 11) is 0. The predicted octanol–water partition coefficient (Wildman–Crippen LogP) is -1.56. The molecule has 0 bridgehead atoms. The van der Waals surface area contributed by atoms with E-state index in [2.05, 4.69) is 9.47 Å². The Hall–Kier alpha value is -1.14. The van der Waals surface area contributed by atoms with Crippen molar-refractivity contribution in [1.29, 1.82) is 0 Å². The smallest absolute Gasteiger partial charge is 0.424 e. The maximum atomic E-state index is 10.4. The van der Waals surface area contributed by atoms with Crippen molar-refractivity contribution in [3.63, 3.8) is 0 Å². The normalized spacial score (nSPS) is 30.7. The molecule has 1 aliphatic rings. The summed E-state index contributed by atoms with van der Waals surface area (Å²) in [6, 6.07) is 0. The lowest BCUT2D eigenvalue weighted by atomic mass is 10.1. The highest BCUT2D eigenvalue weighted by molar-refractivity contribution is 5.70. The zero-order valence-corrected chi connectivity index (χ0v) is 6.04. The van der Waals surface area contributed by atoms with Crippen LogP contribution in [-0.4, -0.2) is 47.6 Å². The molecular weight excluding hydrogens is 168 g/mol. The number of aliphatic hydroxyl groups excluding tert-OH is 2. The second kappa shape index (κ2) is 3.51. The maximum absolute atomic E-state index is 10.4. The Kier molecular flexibility index (Phi) is 2.61. The van der Waals surface area contributed by atoms with Crippen molar-refractivity contribution in [3.8, 4) is 0 Å². The van der Waals surface area contributed by atoms with E-state index in [9.17, 15) is 9.59 Å². The van der Waals surface area contributed by atoms with E-state index in [0.29, 0.717) is 6.29 Å². The van der Waals surface area contributed by atoms with Crippen molar-refractivity contribution in [2.45, 2.75) is 18.3 Å². The van der Waals surface area contributed by atoms with Gasteiger partial charge in [-0.05, 0) is 0 Å². The second-order valence-corrected chi connectivity index (χ2v) is 2.30. The lowest BCUT2D eigenvalue weighted by Crippen LogP contribution is -2.38. The van der Waals surface area contributed by atoms with Crippen molar-refractivity contribution in [1.82, 2.24) is 0 Å². The van der Waals surface area contributed by atoms with Gasteiger partial charge in [0.25, 0.3) is 0 Å². The SMILES string of the molecule is O=C[C@@H]1OC(=O)O[C@@H]1[C@H](O)CO. The van der Waals surface area contributed by atoms with E-state index in [1.807, 2.05) is 0 Å². The number of rotatable bonds is 3. The third kappa shape index (κ3) is 1.54. The Bertz CT molecular complexity index is 190. The molecule has 0 aromatic rings. The molecule has 1 rings (SSSR count). The molecule has 0 aliphatic carbocycles. The van der Waals surface area contributed by atoms with Gasteiger partial charge in [-0.15, -0.1) is 0 Å². The molecule has 1 heterocycles. The lowest BCUT2D eigenvalue weighted by molar-refractivity contribution is -0.117. The van der Waals surface area contributed by atoms with Gasteiger partial charge < -0.3 is 19.7 Å². The fourth-order valence-corrected chi connectivity index (χ4v) is 0.891. The minimum absolute atomic E-state index is 0.342. The summed E-state index contributed by atoms with van der Waals surface area (Å²) in [6.07, 6.45) is -4.18. The highest BCUT2D eigenvalue weighted by Gasteiger charge is 2.40. The van der Waals surface area contributed by atoms with Gasteiger partial charge in [-0.25, -0.2) is 4.79 Å². The highest BCUT2D eigenvalue weighted by atomic mass is 16.8. The topological polar surface area (TPSA) is 93.1 Å². The summed E-state index contributed by atoms with van der Waals surface area (Å²) in [6.45, 7) is -0.592. The largest absolute Gasteiger partial charge is 0.509 e. The third-order valence-electron chi connectivity index (χ3n) is 1.49. The predicted molar refractivity (Wildman–Crippen MR) is 34.3 cm³/mol. The average Bonchev–Trinajstić information content (AvgIpc) is 2.45. The molecule has 0 aromatic heterocycles.